The summed E-state index contributed by atoms with van der Waals surface area (Å²) < 4.78 is 119. The molecule has 3 unspecified atom stereocenters. The van der Waals surface area contributed by atoms with Crippen LogP contribution in [0.15, 0.2) is 121 Å². The molecule has 2 amide bonds. The molecular formula is C57H66F3N7O16S3. The Morgan fingerprint density at radius 1 is 0.581 bits per heavy atom. The van der Waals surface area contributed by atoms with Gasteiger partial charge in [-0.3, -0.25) is 10.0 Å². The van der Waals surface area contributed by atoms with Crippen molar-refractivity contribution in [3.05, 3.63) is 144 Å². The van der Waals surface area contributed by atoms with E-state index in [0.717, 1.165) is 39.3 Å². The first kappa shape index (κ1) is 65.7. The fourth-order valence-corrected chi connectivity index (χ4v) is 17.8. The normalized spacial score (nSPS) is 22.0. The number of carboxylic acid groups (broad SMARTS) is 1. The van der Waals surface area contributed by atoms with E-state index in [4.69, 9.17) is 31.3 Å². The summed E-state index contributed by atoms with van der Waals surface area (Å²) >= 11 is 0. The van der Waals surface area contributed by atoms with Crippen molar-refractivity contribution in [3.8, 4) is 0 Å². The molecule has 0 aliphatic carbocycles. The number of anilines is 3. The summed E-state index contributed by atoms with van der Waals surface area (Å²) in [5, 5.41) is 18.4. The van der Waals surface area contributed by atoms with Crippen LogP contribution in [0.4, 0.5) is 35.0 Å². The number of nitrogens with zero attached hydrogens (tertiary/aromatic N) is 3. The molecule has 0 bridgehead atoms. The lowest BCUT2D eigenvalue weighted by atomic mass is 9.91. The summed E-state index contributed by atoms with van der Waals surface area (Å²) in [5.74, 6) is -4.24. The lowest BCUT2D eigenvalue weighted by Gasteiger charge is -2.48. The molecule has 464 valence electrons. The maximum absolute atomic E-state index is 13.0. The predicted molar refractivity (Wildman–Crippen MR) is 314 cm³/mol. The highest BCUT2D eigenvalue weighted by atomic mass is 32.2. The third kappa shape index (κ3) is 15.2. The molecule has 10 rings (SSSR count). The Labute approximate surface area is 495 Å². The number of esters is 2. The number of sulfone groups is 3. The molecule has 4 aromatic rings. The topological polar surface area (TPSA) is 342 Å². The van der Waals surface area contributed by atoms with E-state index in [9.17, 15) is 57.6 Å². The van der Waals surface area contributed by atoms with E-state index in [0.29, 0.717) is 58.5 Å². The number of methoxy groups -OCH3 is 2. The third-order valence-corrected chi connectivity index (χ3v) is 23.2. The number of halogens is 3. The van der Waals surface area contributed by atoms with Gasteiger partial charge in [0.2, 0.25) is 0 Å². The van der Waals surface area contributed by atoms with Crippen LogP contribution in [-0.4, -0.2) is 175 Å². The first-order chi connectivity index (χ1) is 40.5. The number of amides is 2. The van der Waals surface area contributed by atoms with Gasteiger partial charge in [-0.15, -0.1) is 0 Å². The molecule has 23 nitrogen and oxygen atoms in total. The average molecular weight is 1260 g/mol. The summed E-state index contributed by atoms with van der Waals surface area (Å²) in [7, 11) is -7.07. The Morgan fingerprint density at radius 3 is 1.28 bits per heavy atom. The smallest absolute Gasteiger partial charge is 0.475 e. The van der Waals surface area contributed by atoms with Crippen molar-refractivity contribution in [2.24, 2.45) is 11.5 Å². The molecule has 4 aromatic carbocycles. The highest BCUT2D eigenvalue weighted by Crippen LogP contribution is 2.46. The summed E-state index contributed by atoms with van der Waals surface area (Å²) in [6.45, 7) is 2.52. The highest BCUT2D eigenvalue weighted by molar-refractivity contribution is 7.93. The van der Waals surface area contributed by atoms with Gasteiger partial charge in [-0.05, 0) is 77.9 Å². The number of hydrogen-bond acceptors (Lipinski definition) is 20. The van der Waals surface area contributed by atoms with Crippen molar-refractivity contribution >= 4 is 94.7 Å². The van der Waals surface area contributed by atoms with Gasteiger partial charge in [-0.1, -0.05) is 84.9 Å². The van der Waals surface area contributed by atoms with Gasteiger partial charge in [0.15, 0.2) is 29.5 Å². The van der Waals surface area contributed by atoms with Crippen LogP contribution in [0.1, 0.15) is 41.5 Å². The number of carboxylic acids is 1. The number of hydrogen-bond donors (Lipinski definition) is 6. The molecule has 6 fully saturated rings. The number of carbonyl (C=O) groups is 5. The van der Waals surface area contributed by atoms with Crippen LogP contribution >= 0.6 is 0 Å². The van der Waals surface area contributed by atoms with Crippen LogP contribution < -0.4 is 37.0 Å². The standard InChI is InChI=1S/C24H26N2O6S.C16H20N2O4S.C15H19N3O4S.C2HF3O2/c1-31-22(27)12-11-19-9-5-6-10-21(19)26-16-24(17-26)13-20(15-33(24,29)30)25-23(28)32-14-18-7-3-2-4-8-18;1-22-15(19)7-6-12-4-2-3-5-14(12)18-10-16(11-18)8-13(17)9-23(16,20)21;16-12-7-15(23(21,22)8-12)9-18(10-15)13-4-2-1-3-11(13)5-6-14(19)17-20;3-2(4,5)1(6)7/h2-12,20H,13-17H2,1H3,(H,25,28);2-7,13H,8-11,17H2,1H3;1-6,12,20H,7-10,16H2,(H,17,19);(H,6,7)/b12-11+;7-6+;6-5+;. The predicted octanol–water partition coefficient (Wildman–Crippen LogP) is 3.67. The Balaban J connectivity index is 0.000000178. The van der Waals surface area contributed by atoms with Crippen LogP contribution in [0.25, 0.3) is 18.2 Å². The van der Waals surface area contributed by atoms with Gasteiger partial charge in [0.05, 0.1) is 31.5 Å². The van der Waals surface area contributed by atoms with E-state index in [1.54, 1.807) is 18.2 Å². The van der Waals surface area contributed by atoms with E-state index in [-0.39, 0.29) is 35.9 Å². The molecule has 0 aromatic heterocycles. The van der Waals surface area contributed by atoms with Crippen LogP contribution in [0, 0.1) is 0 Å². The van der Waals surface area contributed by atoms with Gasteiger partial charge < -0.3 is 50.8 Å². The van der Waals surface area contributed by atoms with Gasteiger partial charge in [0.25, 0.3) is 5.91 Å². The molecule has 6 saturated heterocycles. The Morgan fingerprint density at radius 2 is 0.930 bits per heavy atom. The fraction of sp³-hybridized carbons (Fsp3) is 0.386. The number of alkyl carbamates (subject to hydrolysis) is 1. The molecule has 6 aliphatic heterocycles. The van der Waals surface area contributed by atoms with E-state index in [1.807, 2.05) is 118 Å². The van der Waals surface area contributed by atoms with Gasteiger partial charge in [0, 0.05) is 92.7 Å². The molecule has 8 N–H and O–H groups in total. The number of nitrogens with two attached hydrogens (primary N) is 2. The van der Waals surface area contributed by atoms with Crippen molar-refractivity contribution in [1.82, 2.24) is 10.8 Å². The second-order valence-electron chi connectivity index (χ2n) is 21.5. The number of alkyl halides is 3. The SMILES string of the molecule is COC(=O)/C=C/c1ccccc1N1CC2(CC(N)CS2(=O)=O)C1.COC(=O)/C=C/c1ccccc1N1CC2(CC(NC(=O)OCc3ccccc3)CS2(=O)=O)C1.NC1CC2(CN(c3ccccc3/C=C/C(=O)NO)C2)S(=O)(=O)C1.O=C(O)C(F)(F)F. The lowest BCUT2D eigenvalue weighted by molar-refractivity contribution is -0.192. The van der Waals surface area contributed by atoms with Crippen molar-refractivity contribution in [2.75, 3.05) is 85.4 Å². The summed E-state index contributed by atoms with van der Waals surface area (Å²) in [5.41, 5.74) is 19.1. The molecular weight excluding hydrogens is 1190 g/mol. The van der Waals surface area contributed by atoms with Gasteiger partial charge >= 0.3 is 30.2 Å². The van der Waals surface area contributed by atoms with E-state index in [1.165, 1.54) is 37.9 Å². The molecule has 3 spiro atoms. The highest BCUT2D eigenvalue weighted by Gasteiger charge is 2.61. The Bertz CT molecular complexity index is 3460. The molecule has 3 atom stereocenters. The van der Waals surface area contributed by atoms with Crippen molar-refractivity contribution < 1.29 is 86.9 Å². The quantitative estimate of drug-likeness (QED) is 0.0387. The Hall–Kier alpha value is -7.83. The Kier molecular flexibility index (Phi) is 20.5. The molecule has 0 saturated carbocycles. The second kappa shape index (κ2) is 26.8. The fourth-order valence-electron chi connectivity index (χ4n) is 11.2. The maximum atomic E-state index is 13.0. The zero-order valence-electron chi connectivity index (χ0n) is 46.7. The van der Waals surface area contributed by atoms with Crippen molar-refractivity contribution in [3.63, 3.8) is 0 Å². The van der Waals surface area contributed by atoms with Crippen LogP contribution in [0.3, 0.4) is 0 Å². The minimum atomic E-state index is -5.08. The summed E-state index contributed by atoms with van der Waals surface area (Å²) in [6, 6.07) is 30.7. The van der Waals surface area contributed by atoms with Gasteiger partial charge in [-0.2, -0.15) is 13.2 Å². The second-order valence-corrected chi connectivity index (χ2v) is 28.8. The first-order valence-electron chi connectivity index (χ1n) is 26.6. The zero-order chi connectivity index (χ0) is 62.9. The van der Waals surface area contributed by atoms with Crippen molar-refractivity contribution in [2.45, 2.75) is 64.4 Å². The van der Waals surface area contributed by atoms with E-state index in [2.05, 4.69) is 14.8 Å². The number of carbonyl (C=O) groups excluding carboxylic acids is 4. The lowest BCUT2D eigenvalue weighted by Crippen LogP contribution is -2.64. The number of benzene rings is 4. The molecule has 86 heavy (non-hydrogen) atoms. The van der Waals surface area contributed by atoms with Crippen LogP contribution in [-0.2, 0) is 69.5 Å². The largest absolute Gasteiger partial charge is 0.490 e. The summed E-state index contributed by atoms with van der Waals surface area (Å²) in [6.07, 6.45) is 4.49. The minimum absolute atomic E-state index is 0.0546. The first-order valence-corrected chi connectivity index (χ1v) is 31.6. The molecule has 29 heteroatoms. The third-order valence-electron chi connectivity index (χ3n) is 15.4. The molecule has 6 aliphatic rings. The van der Waals surface area contributed by atoms with Crippen LogP contribution in [0.5, 0.6) is 0 Å². The average Bonchev–Trinajstić information content (AvgIpc) is 1.59. The number of para-hydroxylation sites is 3. The number of rotatable bonds is 12. The van der Waals surface area contributed by atoms with E-state index >= 15 is 0 Å². The monoisotopic (exact) mass is 1260 g/mol. The number of nitrogens with one attached hydrogen (secondary N) is 2. The van der Waals surface area contributed by atoms with Crippen molar-refractivity contribution in [1.29, 1.82) is 0 Å². The number of hydroxylamine groups is 1. The zero-order valence-corrected chi connectivity index (χ0v) is 49.1. The summed E-state index contributed by atoms with van der Waals surface area (Å²) in [4.78, 5) is 60.9. The number of aliphatic carboxylic acids is 1. The van der Waals surface area contributed by atoms with Gasteiger partial charge in [0.1, 0.15) is 20.8 Å². The van der Waals surface area contributed by atoms with Crippen LogP contribution in [0.2, 0.25) is 0 Å². The molecule has 6 heterocycles. The minimum Gasteiger partial charge on any atom is -0.475 e. The number of ether oxygens (including phenoxy) is 3. The molecule has 0 radical (unpaired) electrons. The maximum Gasteiger partial charge on any atom is 0.490 e. The van der Waals surface area contributed by atoms with E-state index < -0.39 is 85.9 Å². The van der Waals surface area contributed by atoms with Gasteiger partial charge in [-0.25, -0.2) is 49.9 Å².